The molecule has 4 aromatic carbocycles. The molecule has 12 rings (SSSR count). The summed E-state index contributed by atoms with van der Waals surface area (Å²) in [5.41, 5.74) is 6.84. The zero-order valence-electron chi connectivity index (χ0n) is 56.9. The molecule has 24 nitrogen and oxygen atoms in total. The standard InChI is InChI=1S/C21H29N3O6S.C17H22BrNO4.C17H22ClNO4.C17H22FNO4/c1-2-28-21(27)23-20(31)22-15-12-14-6-5-7-18(26)24(16(14)13-17(15)25)9-11-30-19-8-3-4-10-29-19;3*18-13-10-12-4-3-5-16(21)19(14(12)11-15(13)20)7-9-23-17-6-1-2-8-22-17/h12-13,19,25H,2-11H2,1H3,(H2,22,23,27,31);3*10-11,17,20H,1-9H2. The Balaban J connectivity index is 0.000000157. The maximum absolute atomic E-state index is 13.6. The molecule has 4 aromatic rings. The zero-order chi connectivity index (χ0) is 70.9. The largest absolute Gasteiger partial charge is 0.507 e. The number of fused-ring (bicyclic) bond motifs is 4. The molecular formula is C72H95BrClFN6O18S. The number of benzene rings is 4. The van der Waals surface area contributed by atoms with Gasteiger partial charge in [0.15, 0.2) is 41.8 Å². The molecule has 0 bridgehead atoms. The molecule has 4 fully saturated rings. The summed E-state index contributed by atoms with van der Waals surface area (Å²) in [4.78, 5) is 68.0. The van der Waals surface area contributed by atoms with Gasteiger partial charge in [-0.2, -0.15) is 0 Å². The van der Waals surface area contributed by atoms with E-state index in [2.05, 4.69) is 26.6 Å². The lowest BCUT2D eigenvalue weighted by atomic mass is 10.1. The molecule has 4 unspecified atom stereocenters. The number of ether oxygens (including phenoxy) is 9. The van der Waals surface area contributed by atoms with Gasteiger partial charge >= 0.3 is 6.09 Å². The number of aryl methyl sites for hydroxylation is 4. The number of anilines is 5. The molecule has 0 aliphatic carbocycles. The summed E-state index contributed by atoms with van der Waals surface area (Å²) < 4.78 is 64.2. The number of hydrogen-bond donors (Lipinski definition) is 6. The number of halogens is 3. The summed E-state index contributed by atoms with van der Waals surface area (Å²) in [6.45, 7) is 8.05. The Bertz CT molecular complexity index is 3170. The molecular weight excluding hydrogens is 1400 g/mol. The van der Waals surface area contributed by atoms with Crippen LogP contribution >= 0.6 is 39.7 Å². The average molecular weight is 1500 g/mol. The molecule has 5 amide bonds. The Labute approximate surface area is 602 Å². The van der Waals surface area contributed by atoms with Gasteiger partial charge in [0.25, 0.3) is 0 Å². The fourth-order valence-electron chi connectivity index (χ4n) is 13.0. The van der Waals surface area contributed by atoms with Crippen LogP contribution in [-0.2, 0) is 87.5 Å². The first-order valence-electron chi connectivity index (χ1n) is 35.2. The summed E-state index contributed by atoms with van der Waals surface area (Å²) >= 11 is 14.4. The number of alkyl carbamates (subject to hydrolysis) is 1. The van der Waals surface area contributed by atoms with Crippen LogP contribution in [0.4, 0.5) is 37.6 Å². The van der Waals surface area contributed by atoms with E-state index in [0.717, 1.165) is 150 Å². The molecule has 4 atom stereocenters. The second-order valence-corrected chi connectivity index (χ2v) is 27.0. The van der Waals surface area contributed by atoms with Gasteiger partial charge in [-0.05, 0) is 210 Å². The fraction of sp³-hybridized carbons (Fsp3) is 0.583. The van der Waals surface area contributed by atoms with Crippen molar-refractivity contribution in [3.8, 4) is 23.0 Å². The molecule has 4 saturated heterocycles. The maximum atomic E-state index is 13.6. The second kappa shape index (κ2) is 39.8. The molecule has 0 spiro atoms. The number of amides is 5. The van der Waals surface area contributed by atoms with E-state index >= 15 is 0 Å². The minimum atomic E-state index is -0.673. The number of phenolic OH excluding ortho intramolecular Hbond substituents is 4. The third-order valence-corrected chi connectivity index (χ3v) is 19.3. The Kier molecular flexibility index (Phi) is 30.9. The van der Waals surface area contributed by atoms with Crippen LogP contribution < -0.4 is 30.2 Å². The smallest absolute Gasteiger partial charge is 0.413 e. The van der Waals surface area contributed by atoms with Gasteiger partial charge in [-0.25, -0.2) is 9.18 Å². The van der Waals surface area contributed by atoms with Crippen LogP contribution in [0.15, 0.2) is 53.0 Å². The predicted octanol–water partition coefficient (Wildman–Crippen LogP) is 12.4. The van der Waals surface area contributed by atoms with Crippen molar-refractivity contribution in [3.63, 3.8) is 0 Å². The van der Waals surface area contributed by atoms with E-state index < -0.39 is 17.7 Å². The number of phenols is 4. The SMILES string of the molecule is CCOC(=O)NC(=S)Nc1cc2c(cc1O)N(CCOC1CCCCO1)C(=O)CCC2.O=C1CCCc2cc(Br)c(O)cc2N1CCOC1CCCCO1.O=C1CCCc2cc(Cl)c(O)cc2N1CCOC1CCCCO1.O=C1CCCc2cc(F)c(O)cc2N1CCOC1CCCCO1. The van der Waals surface area contributed by atoms with Crippen molar-refractivity contribution in [1.82, 2.24) is 5.32 Å². The first-order chi connectivity index (χ1) is 48.4. The van der Waals surface area contributed by atoms with Crippen LogP contribution in [0.1, 0.15) is 158 Å². The lowest BCUT2D eigenvalue weighted by Crippen LogP contribution is -2.35. The van der Waals surface area contributed by atoms with Crippen molar-refractivity contribution in [2.24, 2.45) is 0 Å². The number of nitrogens with one attached hydrogen (secondary N) is 2. The third-order valence-electron chi connectivity index (χ3n) is 18.1. The van der Waals surface area contributed by atoms with Gasteiger partial charge in [0.2, 0.25) is 23.6 Å². The highest BCUT2D eigenvalue weighted by molar-refractivity contribution is 9.10. The Morgan fingerprint density at radius 1 is 0.500 bits per heavy atom. The summed E-state index contributed by atoms with van der Waals surface area (Å²) in [5, 5.41) is 45.5. The first kappa shape index (κ1) is 77.7. The van der Waals surface area contributed by atoms with E-state index in [0.29, 0.717) is 144 Å². The van der Waals surface area contributed by atoms with E-state index in [1.807, 2.05) is 6.07 Å². The normalized spacial score (nSPS) is 20.9. The Morgan fingerprint density at radius 2 is 0.850 bits per heavy atom. The Morgan fingerprint density at radius 3 is 1.23 bits per heavy atom. The summed E-state index contributed by atoms with van der Waals surface area (Å²) in [7, 11) is 0. The van der Waals surface area contributed by atoms with Crippen molar-refractivity contribution >= 4 is 103 Å². The van der Waals surface area contributed by atoms with E-state index in [1.54, 1.807) is 56.9 Å². The predicted molar refractivity (Wildman–Crippen MR) is 381 cm³/mol. The van der Waals surface area contributed by atoms with Gasteiger partial charge in [0.05, 0.1) is 71.0 Å². The molecule has 8 aliphatic rings. The van der Waals surface area contributed by atoms with Crippen LogP contribution in [0.3, 0.4) is 0 Å². The number of carbonyl (C=O) groups is 5. The van der Waals surface area contributed by atoms with Gasteiger partial charge in [-0.1, -0.05) is 11.6 Å². The lowest BCUT2D eigenvalue weighted by molar-refractivity contribution is -0.161. The van der Waals surface area contributed by atoms with E-state index in [-0.39, 0.29) is 77.8 Å². The molecule has 100 heavy (non-hydrogen) atoms. The zero-order valence-corrected chi connectivity index (χ0v) is 60.1. The van der Waals surface area contributed by atoms with Crippen LogP contribution in [0.2, 0.25) is 5.02 Å². The van der Waals surface area contributed by atoms with Gasteiger partial charge in [-0.15, -0.1) is 0 Å². The average Bonchev–Trinajstić information content (AvgIpc) is 1.45. The molecule has 0 aromatic heterocycles. The second-order valence-electron chi connectivity index (χ2n) is 25.4. The maximum Gasteiger partial charge on any atom is 0.413 e. The highest BCUT2D eigenvalue weighted by Gasteiger charge is 2.30. The summed E-state index contributed by atoms with van der Waals surface area (Å²) in [5.74, 6) is -0.902. The van der Waals surface area contributed by atoms with Crippen molar-refractivity contribution in [3.05, 3.63) is 86.1 Å². The van der Waals surface area contributed by atoms with Crippen molar-refractivity contribution < 1.29 is 91.4 Å². The molecule has 0 saturated carbocycles. The van der Waals surface area contributed by atoms with Gasteiger partial charge in [0.1, 0.15) is 17.2 Å². The number of nitrogens with zero attached hydrogens (tertiary/aromatic N) is 4. The monoisotopic (exact) mass is 1500 g/mol. The van der Waals surface area contributed by atoms with Crippen molar-refractivity contribution in [2.75, 3.05) is 111 Å². The highest BCUT2D eigenvalue weighted by atomic mass is 79.9. The van der Waals surface area contributed by atoms with E-state index in [9.17, 15) is 48.8 Å². The van der Waals surface area contributed by atoms with Crippen LogP contribution in [0.25, 0.3) is 0 Å². The van der Waals surface area contributed by atoms with E-state index in [4.69, 9.17) is 66.5 Å². The molecule has 6 N–H and O–H groups in total. The molecule has 8 aliphatic heterocycles. The van der Waals surface area contributed by atoms with E-state index in [1.165, 1.54) is 12.1 Å². The molecule has 28 heteroatoms. The van der Waals surface area contributed by atoms with Crippen molar-refractivity contribution in [2.45, 2.75) is 186 Å². The number of rotatable bonds is 18. The van der Waals surface area contributed by atoms with Gasteiger partial charge in [0, 0.05) is 103 Å². The molecule has 8 heterocycles. The molecule has 548 valence electrons. The minimum Gasteiger partial charge on any atom is -0.507 e. The minimum absolute atomic E-state index is 0.00153. The van der Waals surface area contributed by atoms with Crippen LogP contribution in [0, 0.1) is 5.82 Å². The quantitative estimate of drug-likeness (QED) is 0.0399. The summed E-state index contributed by atoms with van der Waals surface area (Å²) in [6.07, 6.45) is 18.6. The summed E-state index contributed by atoms with van der Waals surface area (Å²) in [6, 6.07) is 12.9. The molecule has 0 radical (unpaired) electrons. The lowest BCUT2D eigenvalue weighted by Gasteiger charge is -2.27. The first-order valence-corrected chi connectivity index (χ1v) is 36.8. The van der Waals surface area contributed by atoms with Gasteiger partial charge < -0.3 is 88.0 Å². The van der Waals surface area contributed by atoms with Crippen LogP contribution in [0.5, 0.6) is 23.0 Å². The Hall–Kier alpha value is -6.50. The number of carbonyl (C=O) groups excluding carboxylic acids is 5. The highest BCUT2D eigenvalue weighted by Crippen LogP contribution is 2.40. The van der Waals surface area contributed by atoms with Gasteiger partial charge in [-0.3, -0.25) is 24.5 Å². The van der Waals surface area contributed by atoms with Crippen molar-refractivity contribution in [1.29, 1.82) is 0 Å². The number of thiocarbonyl (C=S) groups is 1. The topological polar surface area (TPSA) is 286 Å². The van der Waals surface area contributed by atoms with Crippen LogP contribution in [-0.4, -0.2) is 166 Å². The third kappa shape index (κ3) is 23.0. The number of hydrogen-bond acceptors (Lipinski definition) is 19. The fourth-order valence-corrected chi connectivity index (χ4v) is 13.7. The number of aromatic hydroxyl groups is 4.